The van der Waals surface area contributed by atoms with Crippen LogP contribution >= 0.6 is 11.3 Å². The zero-order chi connectivity index (χ0) is 11.4. The Morgan fingerprint density at radius 1 is 1.19 bits per heavy atom. The minimum absolute atomic E-state index is 0.198. The maximum Gasteiger partial charge on any atom is 0.123 e. The lowest BCUT2D eigenvalue weighted by atomic mass is 9.95. The molecule has 1 aromatic carbocycles. The number of nitrogens with two attached hydrogens (primary N) is 1. The lowest BCUT2D eigenvalue weighted by Crippen LogP contribution is -2.14. The molecule has 0 aliphatic rings. The van der Waals surface area contributed by atoms with Gasteiger partial charge in [0.2, 0.25) is 0 Å². The van der Waals surface area contributed by atoms with Crippen LogP contribution in [0.15, 0.2) is 41.8 Å². The van der Waals surface area contributed by atoms with E-state index in [-0.39, 0.29) is 11.7 Å². The predicted octanol–water partition coefficient (Wildman–Crippen LogP) is 3.17. The summed E-state index contributed by atoms with van der Waals surface area (Å²) < 4.78 is 12.8. The molecule has 2 N–H and O–H groups in total. The maximum atomic E-state index is 12.8. The summed E-state index contributed by atoms with van der Waals surface area (Å²) in [6.07, 6.45) is 0.930. The lowest BCUT2D eigenvalue weighted by molar-refractivity contribution is 0.623. The van der Waals surface area contributed by atoms with E-state index in [0.717, 1.165) is 12.0 Å². The van der Waals surface area contributed by atoms with Crippen LogP contribution in [0.4, 0.5) is 4.39 Å². The van der Waals surface area contributed by atoms with E-state index in [2.05, 4.69) is 11.4 Å². The van der Waals surface area contributed by atoms with Crippen molar-refractivity contribution in [2.24, 2.45) is 5.73 Å². The SMILES string of the molecule is NCC(Cc1cccs1)c1ccc(F)cc1. The minimum Gasteiger partial charge on any atom is -0.330 e. The number of rotatable bonds is 4. The number of benzene rings is 1. The van der Waals surface area contributed by atoms with E-state index in [1.54, 1.807) is 11.3 Å². The van der Waals surface area contributed by atoms with Crippen LogP contribution < -0.4 is 5.73 Å². The summed E-state index contributed by atoms with van der Waals surface area (Å²) in [7, 11) is 0. The molecule has 0 spiro atoms. The van der Waals surface area contributed by atoms with Gasteiger partial charge in [-0.2, -0.15) is 0 Å². The van der Waals surface area contributed by atoms with Gasteiger partial charge in [-0.3, -0.25) is 0 Å². The molecule has 0 radical (unpaired) electrons. The highest BCUT2D eigenvalue weighted by Gasteiger charge is 2.11. The van der Waals surface area contributed by atoms with Gasteiger partial charge in [0.05, 0.1) is 0 Å². The van der Waals surface area contributed by atoms with Crippen LogP contribution in [0.3, 0.4) is 0 Å². The van der Waals surface area contributed by atoms with Crippen molar-refractivity contribution in [1.29, 1.82) is 0 Å². The topological polar surface area (TPSA) is 26.0 Å². The number of thiophene rings is 1. The fraction of sp³-hybridized carbons (Fsp3) is 0.231. The zero-order valence-electron chi connectivity index (χ0n) is 8.90. The third kappa shape index (κ3) is 2.68. The predicted molar refractivity (Wildman–Crippen MR) is 66.2 cm³/mol. The standard InChI is InChI=1S/C13H14FNS/c14-12-5-3-10(4-6-12)11(9-15)8-13-2-1-7-16-13/h1-7,11H,8-9,15H2. The van der Waals surface area contributed by atoms with E-state index in [4.69, 9.17) is 5.73 Å². The molecule has 0 saturated heterocycles. The summed E-state index contributed by atoms with van der Waals surface area (Å²) in [5.41, 5.74) is 6.88. The first-order valence-corrected chi connectivity index (χ1v) is 6.15. The molecule has 0 bridgehead atoms. The minimum atomic E-state index is -0.198. The molecule has 3 heteroatoms. The highest BCUT2D eigenvalue weighted by Crippen LogP contribution is 2.22. The fourth-order valence-electron chi connectivity index (χ4n) is 1.74. The Kier molecular flexibility index (Phi) is 3.70. The van der Waals surface area contributed by atoms with Gasteiger partial charge in [-0.05, 0) is 42.1 Å². The Balaban J connectivity index is 2.13. The summed E-state index contributed by atoms with van der Waals surface area (Å²) in [5, 5.41) is 2.06. The Bertz CT molecular complexity index is 422. The molecule has 1 atom stereocenters. The van der Waals surface area contributed by atoms with Crippen molar-refractivity contribution in [3.05, 3.63) is 58.0 Å². The second-order valence-corrected chi connectivity index (χ2v) is 4.80. The first-order valence-electron chi connectivity index (χ1n) is 5.27. The van der Waals surface area contributed by atoms with E-state index in [9.17, 15) is 4.39 Å². The van der Waals surface area contributed by atoms with Crippen molar-refractivity contribution < 1.29 is 4.39 Å². The van der Waals surface area contributed by atoms with Gasteiger partial charge in [-0.15, -0.1) is 11.3 Å². The summed E-state index contributed by atoms with van der Waals surface area (Å²) in [4.78, 5) is 1.32. The first kappa shape index (κ1) is 11.3. The summed E-state index contributed by atoms with van der Waals surface area (Å²) in [6, 6.07) is 10.8. The molecule has 0 aliphatic carbocycles. The highest BCUT2D eigenvalue weighted by atomic mass is 32.1. The molecule has 1 nitrogen and oxygen atoms in total. The molecule has 0 amide bonds. The second-order valence-electron chi connectivity index (χ2n) is 3.77. The Hall–Kier alpha value is -1.19. The zero-order valence-corrected chi connectivity index (χ0v) is 9.71. The van der Waals surface area contributed by atoms with Crippen LogP contribution in [0.5, 0.6) is 0 Å². The lowest BCUT2D eigenvalue weighted by Gasteiger charge is -2.14. The van der Waals surface area contributed by atoms with Crippen LogP contribution in [-0.4, -0.2) is 6.54 Å². The average Bonchev–Trinajstić information content (AvgIpc) is 2.80. The van der Waals surface area contributed by atoms with E-state index in [1.807, 2.05) is 18.2 Å². The van der Waals surface area contributed by atoms with Crippen molar-refractivity contribution in [2.75, 3.05) is 6.54 Å². The average molecular weight is 235 g/mol. The van der Waals surface area contributed by atoms with Crippen LogP contribution in [0.1, 0.15) is 16.4 Å². The Labute approximate surface area is 98.7 Å². The largest absolute Gasteiger partial charge is 0.330 e. The van der Waals surface area contributed by atoms with Crippen LogP contribution in [0.2, 0.25) is 0 Å². The van der Waals surface area contributed by atoms with Gasteiger partial charge in [0, 0.05) is 10.8 Å². The van der Waals surface area contributed by atoms with Crippen LogP contribution in [-0.2, 0) is 6.42 Å². The molecule has 84 valence electrons. The summed E-state index contributed by atoms with van der Waals surface area (Å²) in [6.45, 7) is 0.587. The van der Waals surface area contributed by atoms with Gasteiger partial charge in [-0.25, -0.2) is 4.39 Å². The van der Waals surface area contributed by atoms with Crippen molar-refractivity contribution in [3.8, 4) is 0 Å². The summed E-state index contributed by atoms with van der Waals surface area (Å²) in [5.74, 6) is 0.0786. The fourth-order valence-corrected chi connectivity index (χ4v) is 2.53. The number of halogens is 1. The van der Waals surface area contributed by atoms with E-state index in [1.165, 1.54) is 17.0 Å². The molecular weight excluding hydrogens is 221 g/mol. The van der Waals surface area contributed by atoms with Gasteiger partial charge in [0.1, 0.15) is 5.82 Å². The van der Waals surface area contributed by atoms with Gasteiger partial charge in [0.15, 0.2) is 0 Å². The molecule has 1 unspecified atom stereocenters. The monoisotopic (exact) mass is 235 g/mol. The van der Waals surface area contributed by atoms with Gasteiger partial charge >= 0.3 is 0 Å². The molecule has 1 aromatic heterocycles. The van der Waals surface area contributed by atoms with Crippen molar-refractivity contribution >= 4 is 11.3 Å². The summed E-state index contributed by atoms with van der Waals surface area (Å²) >= 11 is 1.73. The Morgan fingerprint density at radius 3 is 2.50 bits per heavy atom. The number of hydrogen-bond acceptors (Lipinski definition) is 2. The van der Waals surface area contributed by atoms with Crippen LogP contribution in [0.25, 0.3) is 0 Å². The second kappa shape index (κ2) is 5.23. The Morgan fingerprint density at radius 2 is 1.94 bits per heavy atom. The smallest absolute Gasteiger partial charge is 0.123 e. The quantitative estimate of drug-likeness (QED) is 0.865. The van der Waals surface area contributed by atoms with Gasteiger partial charge < -0.3 is 5.73 Å². The molecule has 1 heterocycles. The van der Waals surface area contributed by atoms with E-state index >= 15 is 0 Å². The number of hydrogen-bond donors (Lipinski definition) is 1. The molecule has 0 saturated carbocycles. The first-order chi connectivity index (χ1) is 7.79. The molecule has 2 aromatic rings. The third-order valence-electron chi connectivity index (χ3n) is 2.65. The molecular formula is C13H14FNS. The van der Waals surface area contributed by atoms with Crippen molar-refractivity contribution in [2.45, 2.75) is 12.3 Å². The van der Waals surface area contributed by atoms with Gasteiger partial charge in [0.25, 0.3) is 0 Å². The maximum absolute atomic E-state index is 12.8. The van der Waals surface area contributed by atoms with E-state index in [0.29, 0.717) is 6.54 Å². The third-order valence-corrected chi connectivity index (χ3v) is 3.55. The molecule has 0 aliphatic heterocycles. The molecule has 0 fully saturated rings. The van der Waals surface area contributed by atoms with Gasteiger partial charge in [-0.1, -0.05) is 18.2 Å². The van der Waals surface area contributed by atoms with Crippen molar-refractivity contribution in [3.63, 3.8) is 0 Å². The highest BCUT2D eigenvalue weighted by molar-refractivity contribution is 7.09. The normalized spacial score (nSPS) is 12.6. The molecule has 2 rings (SSSR count). The van der Waals surface area contributed by atoms with Crippen LogP contribution in [0, 0.1) is 5.82 Å². The van der Waals surface area contributed by atoms with Crippen molar-refractivity contribution in [1.82, 2.24) is 0 Å². The molecule has 16 heavy (non-hydrogen) atoms. The van der Waals surface area contributed by atoms with E-state index < -0.39 is 0 Å².